The van der Waals surface area contributed by atoms with E-state index in [-0.39, 0.29) is 11.9 Å². The molecular weight excluding hydrogens is 303 g/mol. The summed E-state index contributed by atoms with van der Waals surface area (Å²) in [7, 11) is 0. The van der Waals surface area contributed by atoms with Crippen molar-refractivity contribution < 1.29 is 9.13 Å². The summed E-state index contributed by atoms with van der Waals surface area (Å²) in [5.41, 5.74) is 2.46. The van der Waals surface area contributed by atoms with Crippen LogP contribution in [-0.4, -0.2) is 23.7 Å². The summed E-state index contributed by atoms with van der Waals surface area (Å²) in [5, 5.41) is 3.80. The van der Waals surface area contributed by atoms with Crippen LogP contribution in [-0.2, 0) is 4.74 Å². The van der Waals surface area contributed by atoms with E-state index >= 15 is 0 Å². The molecule has 2 aliphatic rings. The van der Waals surface area contributed by atoms with E-state index < -0.39 is 0 Å². The summed E-state index contributed by atoms with van der Waals surface area (Å²) in [6.45, 7) is 0.827. The van der Waals surface area contributed by atoms with E-state index in [0.717, 1.165) is 32.3 Å². The van der Waals surface area contributed by atoms with Gasteiger partial charge in [-0.05, 0) is 67.0 Å². The molecule has 1 aliphatic carbocycles. The van der Waals surface area contributed by atoms with Gasteiger partial charge >= 0.3 is 0 Å². The number of halogens is 1. The van der Waals surface area contributed by atoms with Crippen LogP contribution < -0.4 is 5.32 Å². The molecule has 1 aromatic carbocycles. The average molecular weight is 326 g/mol. The SMILES string of the molecule is Fc1ccc(C2CC(N[C@H]3CCCO[C@@H]3c3ccncc3)C2)cc1. The van der Waals surface area contributed by atoms with E-state index in [1.807, 2.05) is 36.7 Å². The maximum Gasteiger partial charge on any atom is 0.123 e. The molecule has 1 aliphatic heterocycles. The van der Waals surface area contributed by atoms with Gasteiger partial charge in [0.25, 0.3) is 0 Å². The van der Waals surface area contributed by atoms with Gasteiger partial charge < -0.3 is 10.1 Å². The fraction of sp³-hybridized carbons (Fsp3) is 0.450. The minimum absolute atomic E-state index is 0.117. The van der Waals surface area contributed by atoms with Crippen LogP contribution in [0.25, 0.3) is 0 Å². The molecule has 1 aromatic heterocycles. The van der Waals surface area contributed by atoms with Crippen molar-refractivity contribution in [1.29, 1.82) is 0 Å². The minimum Gasteiger partial charge on any atom is -0.372 e. The molecule has 126 valence electrons. The van der Waals surface area contributed by atoms with Crippen LogP contribution in [0.5, 0.6) is 0 Å². The lowest BCUT2D eigenvalue weighted by molar-refractivity contribution is -0.0177. The summed E-state index contributed by atoms with van der Waals surface area (Å²) in [6, 6.07) is 11.9. The van der Waals surface area contributed by atoms with Gasteiger partial charge in [0.05, 0.1) is 6.10 Å². The monoisotopic (exact) mass is 326 g/mol. The van der Waals surface area contributed by atoms with Crippen molar-refractivity contribution in [1.82, 2.24) is 10.3 Å². The van der Waals surface area contributed by atoms with Crippen LogP contribution in [0.1, 0.15) is 48.8 Å². The molecule has 0 radical (unpaired) electrons. The highest BCUT2D eigenvalue weighted by Gasteiger charge is 2.35. The van der Waals surface area contributed by atoms with Gasteiger partial charge in [0.2, 0.25) is 0 Å². The van der Waals surface area contributed by atoms with Crippen LogP contribution in [0.4, 0.5) is 4.39 Å². The molecule has 1 saturated carbocycles. The Morgan fingerprint density at radius 1 is 1.00 bits per heavy atom. The molecule has 2 fully saturated rings. The van der Waals surface area contributed by atoms with E-state index in [1.165, 1.54) is 11.1 Å². The Hall–Kier alpha value is -1.78. The standard InChI is InChI=1S/C20H23FN2O/c21-17-5-3-14(4-6-17)16-12-18(13-16)23-19-2-1-11-24-20(19)15-7-9-22-10-8-15/h3-10,16,18-20,23H,1-2,11-13H2/t16?,18?,19-,20+/m0/s1. The number of pyridine rings is 1. The highest BCUT2D eigenvalue weighted by molar-refractivity contribution is 5.24. The van der Waals surface area contributed by atoms with E-state index in [9.17, 15) is 4.39 Å². The molecule has 2 heterocycles. The number of nitrogens with zero attached hydrogens (tertiary/aromatic N) is 1. The van der Waals surface area contributed by atoms with Crippen molar-refractivity contribution >= 4 is 0 Å². The Labute approximate surface area is 142 Å². The first-order chi connectivity index (χ1) is 11.8. The van der Waals surface area contributed by atoms with E-state index in [2.05, 4.69) is 10.3 Å². The van der Waals surface area contributed by atoms with Gasteiger partial charge in [0, 0.05) is 31.1 Å². The van der Waals surface area contributed by atoms with E-state index in [4.69, 9.17) is 4.74 Å². The summed E-state index contributed by atoms with van der Waals surface area (Å²) in [6.07, 6.45) is 8.26. The van der Waals surface area contributed by atoms with Crippen LogP contribution in [0.3, 0.4) is 0 Å². The molecule has 0 spiro atoms. The first-order valence-electron chi connectivity index (χ1n) is 8.82. The van der Waals surface area contributed by atoms with Crippen LogP contribution in [0, 0.1) is 5.82 Å². The third-order valence-electron chi connectivity index (χ3n) is 5.29. The second-order valence-electron chi connectivity index (χ2n) is 6.90. The molecule has 0 unspecified atom stereocenters. The number of aromatic nitrogens is 1. The second kappa shape index (κ2) is 6.99. The Kier molecular flexibility index (Phi) is 4.58. The Balaban J connectivity index is 1.36. The lowest BCUT2D eigenvalue weighted by Gasteiger charge is -2.42. The summed E-state index contributed by atoms with van der Waals surface area (Å²) >= 11 is 0. The van der Waals surface area contributed by atoms with Crippen LogP contribution >= 0.6 is 0 Å². The first-order valence-corrected chi connectivity index (χ1v) is 8.82. The van der Waals surface area contributed by atoms with Gasteiger partial charge in [-0.2, -0.15) is 0 Å². The predicted octanol–water partition coefficient (Wildman–Crippen LogP) is 3.98. The van der Waals surface area contributed by atoms with Gasteiger partial charge in [-0.15, -0.1) is 0 Å². The second-order valence-corrected chi connectivity index (χ2v) is 6.90. The highest BCUT2D eigenvalue weighted by atomic mass is 19.1. The molecule has 24 heavy (non-hydrogen) atoms. The minimum atomic E-state index is -0.160. The quantitative estimate of drug-likeness (QED) is 0.923. The van der Waals surface area contributed by atoms with Crippen LogP contribution in [0.2, 0.25) is 0 Å². The molecule has 4 rings (SSSR count). The Bertz CT molecular complexity index is 655. The molecule has 0 bridgehead atoms. The summed E-state index contributed by atoms with van der Waals surface area (Å²) < 4.78 is 19.1. The molecule has 2 aromatic rings. The Morgan fingerprint density at radius 2 is 1.75 bits per heavy atom. The normalized spacial score (nSPS) is 29.9. The maximum absolute atomic E-state index is 13.0. The zero-order valence-corrected chi connectivity index (χ0v) is 13.7. The zero-order chi connectivity index (χ0) is 16.4. The van der Waals surface area contributed by atoms with Crippen molar-refractivity contribution in [2.24, 2.45) is 0 Å². The van der Waals surface area contributed by atoms with Crippen molar-refractivity contribution in [2.75, 3.05) is 6.61 Å². The lowest BCUT2D eigenvalue weighted by atomic mass is 9.75. The average Bonchev–Trinajstić information content (AvgIpc) is 2.60. The fourth-order valence-corrected chi connectivity index (χ4v) is 3.90. The molecule has 3 nitrogen and oxygen atoms in total. The number of hydrogen-bond donors (Lipinski definition) is 1. The predicted molar refractivity (Wildman–Crippen MR) is 91.3 cm³/mol. The topological polar surface area (TPSA) is 34.1 Å². The van der Waals surface area contributed by atoms with Gasteiger partial charge in [-0.1, -0.05) is 12.1 Å². The van der Waals surface area contributed by atoms with Crippen molar-refractivity contribution in [2.45, 2.75) is 49.8 Å². The van der Waals surface area contributed by atoms with Gasteiger partial charge in [-0.3, -0.25) is 4.98 Å². The largest absolute Gasteiger partial charge is 0.372 e. The maximum atomic E-state index is 13.0. The molecular formula is C20H23FN2O. The fourth-order valence-electron chi connectivity index (χ4n) is 3.90. The van der Waals surface area contributed by atoms with Crippen molar-refractivity contribution in [3.8, 4) is 0 Å². The molecule has 1 saturated heterocycles. The molecule has 2 atom stereocenters. The van der Waals surface area contributed by atoms with Gasteiger partial charge in [0.1, 0.15) is 5.82 Å². The smallest absolute Gasteiger partial charge is 0.123 e. The zero-order valence-electron chi connectivity index (χ0n) is 13.7. The number of rotatable bonds is 4. The summed E-state index contributed by atoms with van der Waals surface area (Å²) in [4.78, 5) is 4.10. The first kappa shape index (κ1) is 15.7. The molecule has 0 amide bonds. The highest BCUT2D eigenvalue weighted by Crippen LogP contribution is 2.38. The number of hydrogen-bond acceptors (Lipinski definition) is 3. The number of nitrogens with one attached hydrogen (secondary N) is 1. The summed E-state index contributed by atoms with van der Waals surface area (Å²) in [5.74, 6) is 0.388. The third-order valence-corrected chi connectivity index (χ3v) is 5.29. The van der Waals surface area contributed by atoms with Crippen molar-refractivity contribution in [3.63, 3.8) is 0 Å². The van der Waals surface area contributed by atoms with E-state index in [1.54, 1.807) is 12.1 Å². The number of ether oxygens (including phenoxy) is 1. The third kappa shape index (κ3) is 3.35. The van der Waals surface area contributed by atoms with Crippen molar-refractivity contribution in [3.05, 3.63) is 65.7 Å². The lowest BCUT2D eigenvalue weighted by Crippen LogP contribution is -2.49. The number of benzene rings is 1. The van der Waals surface area contributed by atoms with Crippen LogP contribution in [0.15, 0.2) is 48.8 Å². The Morgan fingerprint density at radius 3 is 2.50 bits per heavy atom. The van der Waals surface area contributed by atoms with Gasteiger partial charge in [0.15, 0.2) is 0 Å². The van der Waals surface area contributed by atoms with E-state index in [0.29, 0.717) is 18.0 Å². The molecule has 1 N–H and O–H groups in total. The van der Waals surface area contributed by atoms with Gasteiger partial charge in [-0.25, -0.2) is 4.39 Å². The molecule has 4 heteroatoms.